The van der Waals surface area contributed by atoms with Crippen LogP contribution in [-0.2, 0) is 4.74 Å². The molecular weight excluding hydrogens is 278 g/mol. The topological polar surface area (TPSA) is 97.8 Å². The van der Waals surface area contributed by atoms with Crippen molar-refractivity contribution in [2.45, 2.75) is 18.9 Å². The van der Waals surface area contributed by atoms with E-state index in [-0.39, 0.29) is 17.7 Å². The average molecular weight is 297 g/mol. The fourth-order valence-corrected chi connectivity index (χ4v) is 2.35. The Hall–Kier alpha value is -1.93. The second-order valence-corrected chi connectivity index (χ2v) is 4.93. The standard InChI is InChI=1S/C13H19N3O5/c1-20-8-7-15(9-10-3-2-6-14-10)13(17)11-4-5-12(21-11)16(18)19/h4-5,10,14H,2-3,6-9H2,1H3. The third-order valence-electron chi connectivity index (χ3n) is 3.44. The lowest BCUT2D eigenvalue weighted by molar-refractivity contribution is -0.402. The van der Waals surface area contributed by atoms with Gasteiger partial charge < -0.3 is 19.4 Å². The predicted octanol–water partition coefficient (Wildman–Crippen LogP) is 1.03. The Morgan fingerprint density at radius 1 is 1.62 bits per heavy atom. The summed E-state index contributed by atoms with van der Waals surface area (Å²) in [4.78, 5) is 24.0. The highest BCUT2D eigenvalue weighted by molar-refractivity contribution is 5.91. The van der Waals surface area contributed by atoms with Crippen LogP contribution < -0.4 is 5.32 Å². The van der Waals surface area contributed by atoms with E-state index in [9.17, 15) is 14.9 Å². The van der Waals surface area contributed by atoms with Crippen molar-refractivity contribution in [2.75, 3.05) is 33.4 Å². The van der Waals surface area contributed by atoms with E-state index in [0.717, 1.165) is 19.4 Å². The van der Waals surface area contributed by atoms with Crippen molar-refractivity contribution < 1.29 is 18.9 Å². The number of nitro groups is 1. The quantitative estimate of drug-likeness (QED) is 0.596. The van der Waals surface area contributed by atoms with Gasteiger partial charge in [-0.3, -0.25) is 14.9 Å². The van der Waals surface area contributed by atoms with E-state index < -0.39 is 10.8 Å². The van der Waals surface area contributed by atoms with Gasteiger partial charge in [0.15, 0.2) is 5.76 Å². The highest BCUT2D eigenvalue weighted by Gasteiger charge is 2.25. The molecule has 1 atom stereocenters. The molecule has 0 spiro atoms. The van der Waals surface area contributed by atoms with E-state index >= 15 is 0 Å². The first kappa shape index (κ1) is 15.5. The van der Waals surface area contributed by atoms with Crippen LogP contribution >= 0.6 is 0 Å². The molecule has 1 saturated heterocycles. The molecule has 1 unspecified atom stereocenters. The normalized spacial score (nSPS) is 17.9. The zero-order valence-corrected chi connectivity index (χ0v) is 11.9. The van der Waals surface area contributed by atoms with E-state index in [0.29, 0.717) is 19.7 Å². The summed E-state index contributed by atoms with van der Waals surface area (Å²) in [6, 6.07) is 2.77. The lowest BCUT2D eigenvalue weighted by Gasteiger charge is -2.24. The van der Waals surface area contributed by atoms with E-state index in [2.05, 4.69) is 5.32 Å². The Morgan fingerprint density at radius 3 is 3.00 bits per heavy atom. The zero-order chi connectivity index (χ0) is 15.2. The van der Waals surface area contributed by atoms with Crippen LogP contribution in [-0.4, -0.2) is 55.1 Å². The molecule has 1 aromatic heterocycles. The van der Waals surface area contributed by atoms with Gasteiger partial charge in [-0.1, -0.05) is 0 Å². The fourth-order valence-electron chi connectivity index (χ4n) is 2.35. The first-order chi connectivity index (χ1) is 10.1. The Bertz CT molecular complexity index is 496. The van der Waals surface area contributed by atoms with Crippen LogP contribution in [0.4, 0.5) is 5.88 Å². The van der Waals surface area contributed by atoms with Crippen LogP contribution in [0.5, 0.6) is 0 Å². The van der Waals surface area contributed by atoms with Gasteiger partial charge in [0.25, 0.3) is 5.91 Å². The molecule has 21 heavy (non-hydrogen) atoms. The number of nitrogens with one attached hydrogen (secondary N) is 1. The predicted molar refractivity (Wildman–Crippen MR) is 74.2 cm³/mol. The van der Waals surface area contributed by atoms with Gasteiger partial charge in [0.1, 0.15) is 4.92 Å². The number of carbonyl (C=O) groups is 1. The van der Waals surface area contributed by atoms with Crippen LogP contribution in [0, 0.1) is 10.1 Å². The molecule has 1 fully saturated rings. The third kappa shape index (κ3) is 4.02. The van der Waals surface area contributed by atoms with Crippen molar-refractivity contribution in [2.24, 2.45) is 0 Å². The van der Waals surface area contributed by atoms with Crippen LogP contribution in [0.1, 0.15) is 23.4 Å². The van der Waals surface area contributed by atoms with Crippen molar-refractivity contribution in [1.29, 1.82) is 0 Å². The van der Waals surface area contributed by atoms with Crippen LogP contribution in [0.2, 0.25) is 0 Å². The summed E-state index contributed by atoms with van der Waals surface area (Å²) in [5.41, 5.74) is 0. The van der Waals surface area contributed by atoms with E-state index in [1.54, 1.807) is 12.0 Å². The Labute approximate surface area is 122 Å². The highest BCUT2D eigenvalue weighted by Crippen LogP contribution is 2.18. The van der Waals surface area contributed by atoms with Crippen molar-refractivity contribution in [3.63, 3.8) is 0 Å². The summed E-state index contributed by atoms with van der Waals surface area (Å²) >= 11 is 0. The summed E-state index contributed by atoms with van der Waals surface area (Å²) < 4.78 is 9.99. The molecule has 0 aliphatic carbocycles. The number of amides is 1. The Morgan fingerprint density at radius 2 is 2.43 bits per heavy atom. The van der Waals surface area contributed by atoms with Crippen LogP contribution in [0.3, 0.4) is 0 Å². The zero-order valence-electron chi connectivity index (χ0n) is 11.9. The molecule has 1 aromatic rings. The Balaban J connectivity index is 2.05. The average Bonchev–Trinajstić information content (AvgIpc) is 3.13. The minimum atomic E-state index is -0.658. The number of ether oxygens (including phenoxy) is 1. The largest absolute Gasteiger partial charge is 0.433 e. The number of furan rings is 1. The summed E-state index contributed by atoms with van der Waals surface area (Å²) in [6.07, 6.45) is 2.10. The van der Waals surface area contributed by atoms with Gasteiger partial charge >= 0.3 is 5.88 Å². The maximum atomic E-state index is 12.4. The molecule has 2 rings (SSSR count). The van der Waals surface area contributed by atoms with Crippen LogP contribution in [0.25, 0.3) is 0 Å². The number of carbonyl (C=O) groups excluding carboxylic acids is 1. The van der Waals surface area contributed by atoms with Gasteiger partial charge in [0, 0.05) is 26.2 Å². The van der Waals surface area contributed by atoms with Gasteiger partial charge in [-0.05, 0) is 25.5 Å². The van der Waals surface area contributed by atoms with Crippen molar-refractivity contribution in [3.8, 4) is 0 Å². The molecule has 1 amide bonds. The molecule has 0 aromatic carbocycles. The molecule has 1 N–H and O–H groups in total. The third-order valence-corrected chi connectivity index (χ3v) is 3.44. The highest BCUT2D eigenvalue weighted by atomic mass is 16.6. The van der Waals surface area contributed by atoms with Crippen molar-refractivity contribution in [3.05, 3.63) is 28.0 Å². The van der Waals surface area contributed by atoms with Gasteiger partial charge in [0.2, 0.25) is 0 Å². The SMILES string of the molecule is COCCN(CC1CCCN1)C(=O)c1ccc([N+](=O)[O-])o1. The number of rotatable bonds is 7. The lowest BCUT2D eigenvalue weighted by Crippen LogP contribution is -2.42. The maximum Gasteiger partial charge on any atom is 0.433 e. The molecule has 0 saturated carbocycles. The first-order valence-electron chi connectivity index (χ1n) is 6.87. The molecule has 116 valence electrons. The van der Waals surface area contributed by atoms with Crippen molar-refractivity contribution >= 4 is 11.8 Å². The minimum absolute atomic E-state index is 0.0178. The molecule has 0 radical (unpaired) electrons. The molecule has 8 heteroatoms. The number of hydrogen-bond acceptors (Lipinski definition) is 6. The van der Waals surface area contributed by atoms with Crippen LogP contribution in [0.15, 0.2) is 16.5 Å². The second kappa shape index (κ2) is 7.19. The van der Waals surface area contributed by atoms with Crippen molar-refractivity contribution in [1.82, 2.24) is 10.2 Å². The summed E-state index contributed by atoms with van der Waals surface area (Å²) in [5, 5.41) is 13.9. The van der Waals surface area contributed by atoms with Gasteiger partial charge in [-0.2, -0.15) is 0 Å². The summed E-state index contributed by atoms with van der Waals surface area (Å²) in [7, 11) is 1.56. The monoisotopic (exact) mass is 297 g/mol. The molecule has 8 nitrogen and oxygen atoms in total. The van der Waals surface area contributed by atoms with Gasteiger partial charge in [-0.15, -0.1) is 0 Å². The smallest absolute Gasteiger partial charge is 0.395 e. The minimum Gasteiger partial charge on any atom is -0.395 e. The second-order valence-electron chi connectivity index (χ2n) is 4.93. The fraction of sp³-hybridized carbons (Fsp3) is 0.615. The number of methoxy groups -OCH3 is 1. The van der Waals surface area contributed by atoms with E-state index in [4.69, 9.17) is 9.15 Å². The first-order valence-corrected chi connectivity index (χ1v) is 6.87. The summed E-state index contributed by atoms with van der Waals surface area (Å²) in [5.74, 6) is -0.798. The number of hydrogen-bond donors (Lipinski definition) is 1. The molecule has 2 heterocycles. The molecular formula is C13H19N3O5. The lowest BCUT2D eigenvalue weighted by atomic mass is 10.2. The maximum absolute atomic E-state index is 12.4. The number of nitrogens with zero attached hydrogens (tertiary/aromatic N) is 2. The molecule has 1 aliphatic rings. The molecule has 0 bridgehead atoms. The van der Waals surface area contributed by atoms with E-state index in [1.807, 2.05) is 0 Å². The molecule has 1 aliphatic heterocycles. The van der Waals surface area contributed by atoms with E-state index in [1.165, 1.54) is 12.1 Å². The van der Waals surface area contributed by atoms with Gasteiger partial charge in [-0.25, -0.2) is 0 Å². The summed E-state index contributed by atoms with van der Waals surface area (Å²) in [6.45, 7) is 2.31. The Kier molecular flexibility index (Phi) is 5.29. The van der Waals surface area contributed by atoms with Gasteiger partial charge in [0.05, 0.1) is 12.7 Å².